The molecule has 1 heterocycles. The Hall–Kier alpha value is -1.72. The summed E-state index contributed by atoms with van der Waals surface area (Å²) < 4.78 is 15.7. The van der Waals surface area contributed by atoms with Crippen molar-refractivity contribution in [1.29, 1.82) is 0 Å². The second kappa shape index (κ2) is 10.3. The summed E-state index contributed by atoms with van der Waals surface area (Å²) in [6.45, 7) is 10.3. The van der Waals surface area contributed by atoms with E-state index < -0.39 is 11.8 Å². The van der Waals surface area contributed by atoms with E-state index in [0.717, 1.165) is 32.1 Å². The first kappa shape index (κ1) is 21.3. The van der Waals surface area contributed by atoms with Crippen molar-refractivity contribution < 1.29 is 23.8 Å². The summed E-state index contributed by atoms with van der Waals surface area (Å²) in [6.07, 6.45) is 6.23. The molecule has 0 aromatic rings. The molecule has 0 aromatic heterocycles. The van der Waals surface area contributed by atoms with Crippen LogP contribution in [-0.4, -0.2) is 41.9 Å². The number of allylic oxidation sites excluding steroid dienone is 1. The van der Waals surface area contributed by atoms with Gasteiger partial charge < -0.3 is 19.1 Å². The lowest BCUT2D eigenvalue weighted by Crippen LogP contribution is -2.45. The minimum Gasteiger partial charge on any atom is -0.444 e. The van der Waals surface area contributed by atoms with Crippen LogP contribution in [0, 0.1) is 0 Å². The Bertz CT molecular complexity index is 467. The molecule has 6 heteroatoms. The molecule has 1 atom stereocenters. The van der Waals surface area contributed by atoms with Crippen molar-refractivity contribution in [3.8, 4) is 0 Å². The van der Waals surface area contributed by atoms with Gasteiger partial charge in [0, 0.05) is 13.0 Å². The first-order valence-corrected chi connectivity index (χ1v) is 9.31. The molecule has 1 aliphatic rings. The molecule has 1 amide bonds. The number of carbonyl (C=O) groups excluding carboxylic acids is 2. The number of carbonyl (C=O) groups is 2. The topological polar surface area (TPSA) is 65.1 Å². The molecule has 1 aliphatic heterocycles. The zero-order valence-electron chi connectivity index (χ0n) is 16.3. The average Bonchev–Trinajstić information content (AvgIpc) is 2.51. The van der Waals surface area contributed by atoms with Gasteiger partial charge in [0.25, 0.3) is 0 Å². The van der Waals surface area contributed by atoms with Crippen molar-refractivity contribution in [3.63, 3.8) is 0 Å². The van der Waals surface area contributed by atoms with Crippen LogP contribution in [0.4, 0.5) is 9.59 Å². The maximum absolute atomic E-state index is 12.5. The Morgan fingerprint density at radius 2 is 1.92 bits per heavy atom. The number of hydrogen-bond acceptors (Lipinski definition) is 5. The molecule has 144 valence electrons. The summed E-state index contributed by atoms with van der Waals surface area (Å²) >= 11 is 0. The van der Waals surface area contributed by atoms with Crippen LogP contribution in [-0.2, 0) is 14.2 Å². The second-order valence-electron chi connectivity index (χ2n) is 7.26. The largest absolute Gasteiger partial charge is 0.513 e. The third-order valence-corrected chi connectivity index (χ3v) is 3.81. The Morgan fingerprint density at radius 3 is 2.52 bits per heavy atom. The highest BCUT2D eigenvalue weighted by molar-refractivity contribution is 5.69. The van der Waals surface area contributed by atoms with Crippen LogP contribution in [0.1, 0.15) is 73.1 Å². The molecule has 1 rings (SSSR count). The van der Waals surface area contributed by atoms with Gasteiger partial charge in [-0.05, 0) is 59.5 Å². The van der Waals surface area contributed by atoms with Gasteiger partial charge in [-0.15, -0.1) is 0 Å². The van der Waals surface area contributed by atoms with Crippen molar-refractivity contribution in [1.82, 2.24) is 4.90 Å². The fraction of sp³-hybridized carbons (Fsp3) is 0.789. The Balaban J connectivity index is 2.88. The van der Waals surface area contributed by atoms with Crippen LogP contribution in [0.25, 0.3) is 0 Å². The smallest absolute Gasteiger partial charge is 0.444 e. The van der Waals surface area contributed by atoms with E-state index in [1.54, 1.807) is 11.8 Å². The molecule has 0 spiro atoms. The average molecular weight is 355 g/mol. The van der Waals surface area contributed by atoms with Gasteiger partial charge in [0.05, 0.1) is 12.6 Å². The first-order chi connectivity index (χ1) is 11.8. The third-order valence-electron chi connectivity index (χ3n) is 3.81. The Labute approximate surface area is 151 Å². The van der Waals surface area contributed by atoms with E-state index in [1.165, 1.54) is 0 Å². The normalized spacial score (nSPS) is 18.7. The van der Waals surface area contributed by atoms with Crippen LogP contribution >= 0.6 is 0 Å². The number of piperidine rings is 1. The van der Waals surface area contributed by atoms with Crippen molar-refractivity contribution in [2.24, 2.45) is 0 Å². The summed E-state index contributed by atoms with van der Waals surface area (Å²) in [4.78, 5) is 25.9. The number of hydrogen-bond donors (Lipinski definition) is 0. The van der Waals surface area contributed by atoms with E-state index in [2.05, 4.69) is 6.92 Å². The lowest BCUT2D eigenvalue weighted by atomic mass is 10.0. The summed E-state index contributed by atoms with van der Waals surface area (Å²) in [6, 6.07) is -0.120. The SMILES string of the molecule is CCCC/C(=C\C1CCCCN1C(=O)OC(C)(C)C)OC(=O)OCC. The van der Waals surface area contributed by atoms with E-state index in [-0.39, 0.29) is 18.7 Å². The van der Waals surface area contributed by atoms with Crippen LogP contribution in [0.15, 0.2) is 11.8 Å². The van der Waals surface area contributed by atoms with E-state index in [4.69, 9.17) is 14.2 Å². The van der Waals surface area contributed by atoms with Gasteiger partial charge in [0.15, 0.2) is 0 Å². The van der Waals surface area contributed by atoms with Crippen LogP contribution in [0.5, 0.6) is 0 Å². The third kappa shape index (κ3) is 8.27. The van der Waals surface area contributed by atoms with Crippen LogP contribution in [0.2, 0.25) is 0 Å². The Morgan fingerprint density at radius 1 is 1.20 bits per heavy atom. The van der Waals surface area contributed by atoms with Gasteiger partial charge in [0.1, 0.15) is 11.4 Å². The van der Waals surface area contributed by atoms with Gasteiger partial charge in [-0.25, -0.2) is 9.59 Å². The minimum atomic E-state index is -0.690. The van der Waals surface area contributed by atoms with Crippen molar-refractivity contribution in [2.45, 2.75) is 84.8 Å². The number of nitrogens with zero attached hydrogens (tertiary/aromatic N) is 1. The Kier molecular flexibility index (Phi) is 8.79. The van der Waals surface area contributed by atoms with E-state index in [0.29, 0.717) is 18.7 Å². The predicted molar refractivity (Wildman–Crippen MR) is 96.3 cm³/mol. The second-order valence-corrected chi connectivity index (χ2v) is 7.26. The quantitative estimate of drug-likeness (QED) is 0.494. The number of ether oxygens (including phenoxy) is 3. The highest BCUT2D eigenvalue weighted by atomic mass is 16.7. The molecule has 0 aromatic carbocycles. The molecule has 25 heavy (non-hydrogen) atoms. The first-order valence-electron chi connectivity index (χ1n) is 9.31. The number of likely N-dealkylation sites (tertiary alicyclic amines) is 1. The summed E-state index contributed by atoms with van der Waals surface area (Å²) in [5.74, 6) is 0.570. The van der Waals surface area contributed by atoms with Crippen LogP contribution in [0.3, 0.4) is 0 Å². The van der Waals surface area contributed by atoms with E-state index >= 15 is 0 Å². The van der Waals surface area contributed by atoms with E-state index in [9.17, 15) is 9.59 Å². The molecule has 0 aliphatic carbocycles. The number of unbranched alkanes of at least 4 members (excludes halogenated alkanes) is 1. The summed E-state index contributed by atoms with van der Waals surface area (Å²) in [7, 11) is 0. The fourth-order valence-electron chi connectivity index (χ4n) is 2.67. The van der Waals surface area contributed by atoms with Gasteiger partial charge in [-0.1, -0.05) is 13.3 Å². The van der Waals surface area contributed by atoms with Gasteiger partial charge >= 0.3 is 12.2 Å². The molecule has 0 bridgehead atoms. The predicted octanol–water partition coefficient (Wildman–Crippen LogP) is 5.02. The van der Waals surface area contributed by atoms with Gasteiger partial charge in [0.2, 0.25) is 0 Å². The minimum absolute atomic E-state index is 0.120. The molecule has 0 radical (unpaired) electrons. The molecule has 1 unspecified atom stereocenters. The number of amides is 1. The maximum atomic E-state index is 12.5. The standard InChI is InChI=1S/C19H33NO5/c1-6-8-12-16(24-18(22)23-7-2)14-15-11-9-10-13-20(15)17(21)25-19(3,4)5/h14-15H,6-13H2,1-5H3/b16-14+. The highest BCUT2D eigenvalue weighted by Gasteiger charge is 2.30. The molecule has 1 fully saturated rings. The van der Waals surface area contributed by atoms with Crippen molar-refractivity contribution in [3.05, 3.63) is 11.8 Å². The van der Waals surface area contributed by atoms with Gasteiger partial charge in [-0.3, -0.25) is 0 Å². The van der Waals surface area contributed by atoms with Crippen molar-refractivity contribution >= 4 is 12.2 Å². The zero-order valence-corrected chi connectivity index (χ0v) is 16.3. The molecule has 0 saturated carbocycles. The molecular formula is C19H33NO5. The monoisotopic (exact) mass is 355 g/mol. The highest BCUT2D eigenvalue weighted by Crippen LogP contribution is 2.24. The molecule has 0 N–H and O–H groups in total. The summed E-state index contributed by atoms with van der Waals surface area (Å²) in [5.41, 5.74) is -0.532. The van der Waals surface area contributed by atoms with E-state index in [1.807, 2.05) is 26.8 Å². The zero-order chi connectivity index (χ0) is 18.9. The van der Waals surface area contributed by atoms with Crippen molar-refractivity contribution in [2.75, 3.05) is 13.2 Å². The molecule has 6 nitrogen and oxygen atoms in total. The summed E-state index contributed by atoms with van der Waals surface area (Å²) in [5, 5.41) is 0. The van der Waals surface area contributed by atoms with Crippen LogP contribution < -0.4 is 0 Å². The number of rotatable bonds is 6. The lowest BCUT2D eigenvalue weighted by molar-refractivity contribution is 0.0145. The molecule has 1 saturated heterocycles. The molecular weight excluding hydrogens is 322 g/mol. The lowest BCUT2D eigenvalue weighted by Gasteiger charge is -2.35. The maximum Gasteiger partial charge on any atom is 0.513 e. The fourth-order valence-corrected chi connectivity index (χ4v) is 2.67. The van der Waals surface area contributed by atoms with Gasteiger partial charge in [-0.2, -0.15) is 0 Å².